The molecule has 4 nitrogen and oxygen atoms in total. The molecule has 4 heteroatoms. The Hall–Kier alpha value is -1.13. The van der Waals surface area contributed by atoms with Gasteiger partial charge in [0.2, 0.25) is 0 Å². The summed E-state index contributed by atoms with van der Waals surface area (Å²) >= 11 is 0. The van der Waals surface area contributed by atoms with E-state index >= 15 is 0 Å². The summed E-state index contributed by atoms with van der Waals surface area (Å²) in [4.78, 5) is 6.82. The predicted molar refractivity (Wildman–Crippen MR) is 80.8 cm³/mol. The van der Waals surface area contributed by atoms with Gasteiger partial charge in [0.1, 0.15) is 5.82 Å². The van der Waals surface area contributed by atoms with Crippen molar-refractivity contribution < 1.29 is 4.74 Å². The zero-order valence-electron chi connectivity index (χ0n) is 12.7. The number of hydrogen-bond acceptors (Lipinski definition) is 4. The van der Waals surface area contributed by atoms with Crippen LogP contribution in [0.5, 0.6) is 0 Å². The molecule has 0 unspecified atom stereocenters. The minimum atomic E-state index is 0.720. The molecule has 0 saturated carbocycles. The van der Waals surface area contributed by atoms with E-state index in [2.05, 4.69) is 48.2 Å². The van der Waals surface area contributed by atoms with Crippen LogP contribution in [0.2, 0.25) is 0 Å². The van der Waals surface area contributed by atoms with Crippen LogP contribution >= 0.6 is 0 Å². The van der Waals surface area contributed by atoms with Crippen LogP contribution in [0.3, 0.4) is 0 Å². The lowest BCUT2D eigenvalue weighted by Gasteiger charge is -2.19. The summed E-state index contributed by atoms with van der Waals surface area (Å²) in [5.41, 5.74) is 2.45. The molecule has 108 valence electrons. The molecule has 1 aromatic rings. The van der Waals surface area contributed by atoms with Gasteiger partial charge < -0.3 is 15.0 Å². The molecule has 0 aromatic carbocycles. The van der Waals surface area contributed by atoms with Gasteiger partial charge in [-0.2, -0.15) is 0 Å². The summed E-state index contributed by atoms with van der Waals surface area (Å²) in [7, 11) is 3.79. The fourth-order valence-corrected chi connectivity index (χ4v) is 1.86. The zero-order valence-corrected chi connectivity index (χ0v) is 12.7. The maximum atomic E-state index is 5.12. The number of rotatable bonds is 9. The van der Waals surface area contributed by atoms with Gasteiger partial charge in [-0.05, 0) is 37.1 Å². The Balaban J connectivity index is 2.76. The summed E-state index contributed by atoms with van der Waals surface area (Å²) in [6.07, 6.45) is 2.12. The Morgan fingerprint density at radius 2 is 2.11 bits per heavy atom. The summed E-state index contributed by atoms with van der Waals surface area (Å²) in [5, 5.41) is 3.44. The Kier molecular flexibility index (Phi) is 7.45. The molecule has 1 N–H and O–H groups in total. The molecule has 1 aromatic heterocycles. The third-order valence-corrected chi connectivity index (χ3v) is 3.06. The van der Waals surface area contributed by atoms with Crippen LogP contribution in [0.4, 0.5) is 5.82 Å². The van der Waals surface area contributed by atoms with Crippen LogP contribution in [0.1, 0.15) is 31.5 Å². The second-order valence-corrected chi connectivity index (χ2v) is 4.77. The highest BCUT2D eigenvalue weighted by Gasteiger charge is 2.06. The van der Waals surface area contributed by atoms with Gasteiger partial charge in [0.25, 0.3) is 0 Å². The maximum Gasteiger partial charge on any atom is 0.128 e. The first-order chi connectivity index (χ1) is 9.21. The lowest BCUT2D eigenvalue weighted by atomic mass is 10.2. The summed E-state index contributed by atoms with van der Waals surface area (Å²) in [5.74, 6) is 1.03. The van der Waals surface area contributed by atoms with Crippen molar-refractivity contribution in [2.75, 3.05) is 38.8 Å². The maximum absolute atomic E-state index is 5.12. The van der Waals surface area contributed by atoms with Gasteiger partial charge in [-0.3, -0.25) is 0 Å². The summed E-state index contributed by atoms with van der Waals surface area (Å²) in [6.45, 7) is 7.87. The first kappa shape index (κ1) is 15.9. The highest BCUT2D eigenvalue weighted by atomic mass is 16.5. The fraction of sp³-hybridized carbons (Fsp3) is 0.667. The van der Waals surface area contributed by atoms with E-state index in [4.69, 9.17) is 4.74 Å². The van der Waals surface area contributed by atoms with Crippen LogP contribution < -0.4 is 10.2 Å². The highest BCUT2D eigenvalue weighted by Crippen LogP contribution is 2.14. The molecule has 0 bridgehead atoms. The SMILES string of the molecule is CCCNCc1cc(CC)nc(N(C)CCOC)c1. The Morgan fingerprint density at radius 3 is 2.74 bits per heavy atom. The van der Waals surface area contributed by atoms with Crippen molar-refractivity contribution >= 4 is 5.82 Å². The highest BCUT2D eigenvalue weighted by molar-refractivity contribution is 5.42. The molecule has 19 heavy (non-hydrogen) atoms. The molecule has 1 heterocycles. The average Bonchev–Trinajstić information content (AvgIpc) is 2.44. The number of anilines is 1. The predicted octanol–water partition coefficient (Wildman–Crippen LogP) is 2.23. The standard InChI is InChI=1S/C15H27N3O/c1-5-7-16-12-13-10-14(6-2)17-15(11-13)18(3)8-9-19-4/h10-11,16H,5-9,12H2,1-4H3. The van der Waals surface area contributed by atoms with Crippen LogP contribution in [0.25, 0.3) is 0 Å². The minimum absolute atomic E-state index is 0.720. The summed E-state index contributed by atoms with van der Waals surface area (Å²) < 4.78 is 5.12. The molecule has 0 radical (unpaired) electrons. The molecule has 0 amide bonds. The third kappa shape index (κ3) is 5.57. The molecule has 0 spiro atoms. The molecule has 0 aliphatic carbocycles. The first-order valence-electron chi connectivity index (χ1n) is 7.11. The van der Waals surface area contributed by atoms with Gasteiger partial charge in [0.15, 0.2) is 0 Å². The average molecular weight is 265 g/mol. The monoisotopic (exact) mass is 265 g/mol. The number of aromatic nitrogens is 1. The van der Waals surface area contributed by atoms with Crippen molar-refractivity contribution in [2.45, 2.75) is 33.2 Å². The van der Waals surface area contributed by atoms with Crippen molar-refractivity contribution in [1.29, 1.82) is 0 Å². The third-order valence-electron chi connectivity index (χ3n) is 3.06. The molecular formula is C15H27N3O. The molecule has 0 aliphatic rings. The van der Waals surface area contributed by atoms with Gasteiger partial charge >= 0.3 is 0 Å². The number of ether oxygens (including phenoxy) is 1. The molecule has 0 saturated heterocycles. The second kappa shape index (κ2) is 8.88. The van der Waals surface area contributed by atoms with Crippen molar-refractivity contribution in [3.8, 4) is 0 Å². The van der Waals surface area contributed by atoms with Gasteiger partial charge in [0, 0.05) is 32.9 Å². The number of likely N-dealkylation sites (N-methyl/N-ethyl adjacent to an activating group) is 1. The molecule has 0 atom stereocenters. The Morgan fingerprint density at radius 1 is 1.32 bits per heavy atom. The molecule has 0 fully saturated rings. The van der Waals surface area contributed by atoms with Crippen molar-refractivity contribution in [2.24, 2.45) is 0 Å². The number of methoxy groups -OCH3 is 1. The largest absolute Gasteiger partial charge is 0.383 e. The molecule has 1 rings (SSSR count). The minimum Gasteiger partial charge on any atom is -0.383 e. The van der Waals surface area contributed by atoms with Gasteiger partial charge in [-0.1, -0.05) is 13.8 Å². The van der Waals surface area contributed by atoms with Gasteiger partial charge in [-0.15, -0.1) is 0 Å². The fourth-order valence-electron chi connectivity index (χ4n) is 1.86. The Bertz CT molecular complexity index is 368. The first-order valence-corrected chi connectivity index (χ1v) is 7.11. The van der Waals surface area contributed by atoms with Crippen LogP contribution in [-0.2, 0) is 17.7 Å². The lowest BCUT2D eigenvalue weighted by Crippen LogP contribution is -2.24. The Labute approximate surface area is 117 Å². The van der Waals surface area contributed by atoms with Crippen LogP contribution in [-0.4, -0.2) is 38.8 Å². The van der Waals surface area contributed by atoms with E-state index in [1.807, 2.05) is 0 Å². The van der Waals surface area contributed by atoms with E-state index < -0.39 is 0 Å². The topological polar surface area (TPSA) is 37.4 Å². The molecular weight excluding hydrogens is 238 g/mol. The van der Waals surface area contributed by atoms with E-state index in [0.717, 1.165) is 50.6 Å². The van der Waals surface area contributed by atoms with Crippen LogP contribution in [0, 0.1) is 0 Å². The van der Waals surface area contributed by atoms with Gasteiger partial charge in [-0.25, -0.2) is 4.98 Å². The van der Waals surface area contributed by atoms with Crippen molar-refractivity contribution in [3.05, 3.63) is 23.4 Å². The quantitative estimate of drug-likeness (QED) is 0.695. The summed E-state index contributed by atoms with van der Waals surface area (Å²) in [6, 6.07) is 4.35. The van der Waals surface area contributed by atoms with E-state index in [-0.39, 0.29) is 0 Å². The van der Waals surface area contributed by atoms with E-state index in [9.17, 15) is 0 Å². The van der Waals surface area contributed by atoms with E-state index in [1.165, 1.54) is 5.56 Å². The normalized spacial score (nSPS) is 10.7. The lowest BCUT2D eigenvalue weighted by molar-refractivity contribution is 0.206. The van der Waals surface area contributed by atoms with Gasteiger partial charge in [0.05, 0.1) is 6.61 Å². The molecule has 0 aliphatic heterocycles. The van der Waals surface area contributed by atoms with E-state index in [1.54, 1.807) is 7.11 Å². The van der Waals surface area contributed by atoms with Crippen molar-refractivity contribution in [3.63, 3.8) is 0 Å². The zero-order chi connectivity index (χ0) is 14.1. The smallest absolute Gasteiger partial charge is 0.128 e. The number of hydrogen-bond donors (Lipinski definition) is 1. The van der Waals surface area contributed by atoms with Crippen molar-refractivity contribution in [1.82, 2.24) is 10.3 Å². The number of nitrogens with one attached hydrogen (secondary N) is 1. The number of pyridine rings is 1. The number of aryl methyl sites for hydroxylation is 1. The number of nitrogens with zero attached hydrogens (tertiary/aromatic N) is 2. The van der Waals surface area contributed by atoms with Crippen LogP contribution in [0.15, 0.2) is 12.1 Å². The second-order valence-electron chi connectivity index (χ2n) is 4.77. The van der Waals surface area contributed by atoms with E-state index in [0.29, 0.717) is 0 Å².